The van der Waals surface area contributed by atoms with Gasteiger partial charge < -0.3 is 9.80 Å². The van der Waals surface area contributed by atoms with Gasteiger partial charge in [0.1, 0.15) is 0 Å². The monoisotopic (exact) mass is 574 g/mol. The van der Waals surface area contributed by atoms with Crippen LogP contribution in [0.15, 0.2) is 106 Å². The number of hydrogen-bond acceptors (Lipinski definition) is 2. The first kappa shape index (κ1) is 24.3. The van der Waals surface area contributed by atoms with E-state index in [9.17, 15) is 0 Å². The molecule has 4 rings (SSSR count). The first-order chi connectivity index (χ1) is 16.3. The van der Waals surface area contributed by atoms with Crippen molar-refractivity contribution < 1.29 is 0 Å². The highest BCUT2D eigenvalue weighted by atomic mass is 79.9. The third-order valence-corrected chi connectivity index (χ3v) is 6.81. The lowest BCUT2D eigenvalue weighted by molar-refractivity contribution is 1.13. The third kappa shape index (κ3) is 5.45. The first-order valence-electron chi connectivity index (χ1n) is 11.1. The van der Waals surface area contributed by atoms with Gasteiger partial charge in [-0.25, -0.2) is 0 Å². The molecule has 34 heavy (non-hydrogen) atoms. The van der Waals surface area contributed by atoms with Crippen molar-refractivity contribution in [2.75, 3.05) is 38.0 Å². The average molecular weight is 576 g/mol. The SMILES string of the molecule is CN(C)c1ccc(/C(=C(/c2ccc(N(C)C)cc2)c2cccc(Br)c2)c2cccc(Br)c2)cc1. The maximum atomic E-state index is 3.69. The van der Waals surface area contributed by atoms with Crippen LogP contribution in [-0.4, -0.2) is 28.2 Å². The van der Waals surface area contributed by atoms with Crippen molar-refractivity contribution >= 4 is 54.4 Å². The number of anilines is 2. The molecule has 0 saturated carbocycles. The maximum Gasteiger partial charge on any atom is 0.0361 e. The van der Waals surface area contributed by atoms with Crippen LogP contribution in [0.4, 0.5) is 11.4 Å². The summed E-state index contributed by atoms with van der Waals surface area (Å²) in [6.45, 7) is 0. The minimum absolute atomic E-state index is 1.06. The fourth-order valence-corrected chi connectivity index (χ4v) is 4.85. The Bertz CT molecular complexity index is 1200. The van der Waals surface area contributed by atoms with Gasteiger partial charge in [-0.05, 0) is 81.9 Å². The van der Waals surface area contributed by atoms with Gasteiger partial charge in [0.25, 0.3) is 0 Å². The summed E-state index contributed by atoms with van der Waals surface area (Å²) in [6.07, 6.45) is 0. The molecule has 0 amide bonds. The molecule has 0 spiro atoms. The molecule has 0 aliphatic heterocycles. The highest BCUT2D eigenvalue weighted by Crippen LogP contribution is 2.39. The first-order valence-corrected chi connectivity index (χ1v) is 12.7. The molecule has 0 aromatic heterocycles. The van der Waals surface area contributed by atoms with E-state index < -0.39 is 0 Å². The van der Waals surface area contributed by atoms with Gasteiger partial charge >= 0.3 is 0 Å². The molecule has 4 aromatic rings. The van der Waals surface area contributed by atoms with E-state index in [0.29, 0.717) is 0 Å². The van der Waals surface area contributed by atoms with E-state index in [4.69, 9.17) is 0 Å². The Labute approximate surface area is 219 Å². The molecule has 0 unspecified atom stereocenters. The van der Waals surface area contributed by atoms with Crippen LogP contribution in [0.25, 0.3) is 11.1 Å². The van der Waals surface area contributed by atoms with Crippen LogP contribution in [0.1, 0.15) is 22.3 Å². The van der Waals surface area contributed by atoms with Gasteiger partial charge in [0.15, 0.2) is 0 Å². The van der Waals surface area contributed by atoms with Gasteiger partial charge in [-0.2, -0.15) is 0 Å². The summed E-state index contributed by atoms with van der Waals surface area (Å²) in [5, 5.41) is 0. The molecule has 0 aliphatic rings. The molecule has 0 heterocycles. The van der Waals surface area contributed by atoms with Crippen molar-refractivity contribution in [3.63, 3.8) is 0 Å². The molecule has 0 atom stereocenters. The smallest absolute Gasteiger partial charge is 0.0361 e. The predicted molar refractivity (Wildman–Crippen MR) is 155 cm³/mol. The molecule has 2 nitrogen and oxygen atoms in total. The quantitative estimate of drug-likeness (QED) is 0.213. The van der Waals surface area contributed by atoms with Crippen molar-refractivity contribution in [3.05, 3.63) is 128 Å². The number of hydrogen-bond donors (Lipinski definition) is 0. The summed E-state index contributed by atoms with van der Waals surface area (Å²) >= 11 is 7.38. The van der Waals surface area contributed by atoms with Crippen LogP contribution in [0.5, 0.6) is 0 Å². The second kappa shape index (κ2) is 10.6. The number of benzene rings is 4. The molecule has 0 radical (unpaired) electrons. The Balaban J connectivity index is 2.06. The lowest BCUT2D eigenvalue weighted by atomic mass is 9.85. The lowest BCUT2D eigenvalue weighted by Gasteiger charge is -2.20. The summed E-state index contributed by atoms with van der Waals surface area (Å²) in [7, 11) is 8.27. The van der Waals surface area contributed by atoms with Crippen LogP contribution in [-0.2, 0) is 0 Å². The van der Waals surface area contributed by atoms with E-state index in [1.807, 2.05) is 0 Å². The fraction of sp³-hybridized carbons (Fsp3) is 0.133. The number of halogens is 2. The second-order valence-electron chi connectivity index (χ2n) is 8.65. The maximum absolute atomic E-state index is 3.69. The van der Waals surface area contributed by atoms with Gasteiger partial charge in [-0.15, -0.1) is 0 Å². The highest BCUT2D eigenvalue weighted by Gasteiger charge is 2.17. The minimum atomic E-state index is 1.06. The molecule has 0 saturated heterocycles. The average Bonchev–Trinajstić information content (AvgIpc) is 2.82. The Kier molecular flexibility index (Phi) is 7.60. The molecule has 4 aromatic carbocycles. The van der Waals surface area contributed by atoms with Crippen molar-refractivity contribution in [1.29, 1.82) is 0 Å². The lowest BCUT2D eigenvalue weighted by Crippen LogP contribution is -2.08. The van der Waals surface area contributed by atoms with Crippen molar-refractivity contribution in [2.45, 2.75) is 0 Å². The Morgan fingerprint density at radius 1 is 0.471 bits per heavy atom. The fourth-order valence-electron chi connectivity index (χ4n) is 4.05. The Morgan fingerprint density at radius 3 is 1.12 bits per heavy atom. The molecule has 0 bridgehead atoms. The van der Waals surface area contributed by atoms with Crippen molar-refractivity contribution in [3.8, 4) is 0 Å². The van der Waals surface area contributed by atoms with E-state index in [2.05, 4.69) is 167 Å². The zero-order valence-electron chi connectivity index (χ0n) is 19.9. The predicted octanol–water partition coefficient (Wildman–Crippen LogP) is 8.35. The summed E-state index contributed by atoms with van der Waals surface area (Å²) in [6, 6.07) is 34.7. The highest BCUT2D eigenvalue weighted by molar-refractivity contribution is 9.10. The summed E-state index contributed by atoms with van der Waals surface area (Å²) in [5.41, 5.74) is 9.43. The Hall–Kier alpha value is -2.82. The molecular weight excluding hydrogens is 548 g/mol. The molecule has 0 N–H and O–H groups in total. The molecule has 4 heteroatoms. The minimum Gasteiger partial charge on any atom is -0.378 e. The van der Waals surface area contributed by atoms with Gasteiger partial charge in [-0.1, -0.05) is 80.4 Å². The van der Waals surface area contributed by atoms with Crippen molar-refractivity contribution in [2.24, 2.45) is 0 Å². The van der Waals surface area contributed by atoms with E-state index >= 15 is 0 Å². The van der Waals surface area contributed by atoms with Crippen LogP contribution in [0, 0.1) is 0 Å². The Morgan fingerprint density at radius 2 is 0.824 bits per heavy atom. The summed E-state index contributed by atoms with van der Waals surface area (Å²) in [4.78, 5) is 4.25. The topological polar surface area (TPSA) is 6.48 Å². The molecule has 0 aliphatic carbocycles. The van der Waals surface area contributed by atoms with Gasteiger partial charge in [0.05, 0.1) is 0 Å². The van der Waals surface area contributed by atoms with Gasteiger partial charge in [0.2, 0.25) is 0 Å². The van der Waals surface area contributed by atoms with E-state index in [0.717, 1.165) is 8.95 Å². The van der Waals surface area contributed by atoms with E-state index in [-0.39, 0.29) is 0 Å². The second-order valence-corrected chi connectivity index (χ2v) is 10.5. The van der Waals surface area contributed by atoms with Gasteiger partial charge in [-0.3, -0.25) is 0 Å². The molecule has 0 fully saturated rings. The normalized spacial score (nSPS) is 11.7. The number of nitrogens with zero attached hydrogens (tertiary/aromatic N) is 2. The third-order valence-electron chi connectivity index (χ3n) is 5.82. The number of rotatable bonds is 6. The van der Waals surface area contributed by atoms with Crippen molar-refractivity contribution in [1.82, 2.24) is 0 Å². The van der Waals surface area contributed by atoms with Crippen LogP contribution >= 0.6 is 31.9 Å². The summed E-state index contributed by atoms with van der Waals surface area (Å²) in [5.74, 6) is 0. The van der Waals surface area contributed by atoms with Crippen LogP contribution < -0.4 is 9.80 Å². The van der Waals surface area contributed by atoms with Gasteiger partial charge in [0, 0.05) is 48.5 Å². The standard InChI is InChI=1S/C30H28Br2N2/c1-33(2)27-15-11-21(12-16-27)29(23-7-5-9-25(31)19-23)30(24-8-6-10-26(32)20-24)22-13-17-28(18-14-22)34(3)4/h5-20H,1-4H3/b30-29+. The molecular formula is C30H28Br2N2. The summed E-state index contributed by atoms with van der Waals surface area (Å²) < 4.78 is 2.12. The van der Waals surface area contributed by atoms with Crippen LogP contribution in [0.3, 0.4) is 0 Å². The molecule has 172 valence electrons. The zero-order chi connectivity index (χ0) is 24.2. The zero-order valence-corrected chi connectivity index (χ0v) is 23.1. The van der Waals surface area contributed by atoms with E-state index in [1.54, 1.807) is 0 Å². The van der Waals surface area contributed by atoms with Crippen LogP contribution in [0.2, 0.25) is 0 Å². The van der Waals surface area contributed by atoms with E-state index in [1.165, 1.54) is 44.8 Å². The largest absolute Gasteiger partial charge is 0.378 e.